The van der Waals surface area contributed by atoms with Crippen molar-refractivity contribution < 1.29 is 13.2 Å². The lowest BCUT2D eigenvalue weighted by molar-refractivity contribution is 0.0985. The van der Waals surface area contributed by atoms with Crippen molar-refractivity contribution >= 4 is 43.8 Å². The fourth-order valence-corrected chi connectivity index (χ4v) is 4.97. The van der Waals surface area contributed by atoms with E-state index in [1.54, 1.807) is 35.9 Å². The number of amides is 1. The number of carbonyl (C=O) groups is 1. The molecule has 0 saturated heterocycles. The van der Waals surface area contributed by atoms with E-state index in [0.29, 0.717) is 10.5 Å². The summed E-state index contributed by atoms with van der Waals surface area (Å²) in [7, 11) is -4.05. The topological polar surface area (TPSA) is 80.5 Å². The lowest BCUT2D eigenvalue weighted by Crippen LogP contribution is -2.30. The average molecular weight is 370 g/mol. The molecule has 1 amide bonds. The minimum atomic E-state index is -4.05. The molecule has 0 fully saturated rings. The zero-order chi connectivity index (χ0) is 16.8. The number of sulfonamides is 1. The number of imidazole rings is 1. The summed E-state index contributed by atoms with van der Waals surface area (Å²) < 4.78 is 28.6. The Kier molecular flexibility index (Phi) is 3.91. The van der Waals surface area contributed by atoms with Gasteiger partial charge in [0.05, 0.1) is 10.7 Å². The molecular formula is C14H12ClN3O3S2. The van der Waals surface area contributed by atoms with Crippen molar-refractivity contribution in [3.05, 3.63) is 51.7 Å². The van der Waals surface area contributed by atoms with Gasteiger partial charge in [-0.1, -0.05) is 35.1 Å². The van der Waals surface area contributed by atoms with Crippen molar-refractivity contribution in [3.63, 3.8) is 0 Å². The van der Waals surface area contributed by atoms with E-state index in [-0.39, 0.29) is 14.8 Å². The summed E-state index contributed by atoms with van der Waals surface area (Å²) in [5, 5.41) is 0.0712. The molecule has 3 aromatic rings. The molecule has 0 aliphatic rings. The largest absolute Gasteiger partial charge is 0.297 e. The Balaban J connectivity index is 1.93. The van der Waals surface area contributed by atoms with Gasteiger partial charge in [0, 0.05) is 12.4 Å². The van der Waals surface area contributed by atoms with Crippen LogP contribution in [0.1, 0.15) is 20.9 Å². The van der Waals surface area contributed by atoms with Gasteiger partial charge in [0.1, 0.15) is 9.77 Å². The van der Waals surface area contributed by atoms with E-state index < -0.39 is 15.9 Å². The lowest BCUT2D eigenvalue weighted by atomic mass is 10.2. The molecule has 23 heavy (non-hydrogen) atoms. The van der Waals surface area contributed by atoms with Gasteiger partial charge in [0.15, 0.2) is 4.96 Å². The van der Waals surface area contributed by atoms with Crippen LogP contribution in [-0.2, 0) is 10.0 Å². The van der Waals surface area contributed by atoms with E-state index in [1.165, 1.54) is 6.07 Å². The number of halogens is 1. The van der Waals surface area contributed by atoms with Crippen LogP contribution in [0, 0.1) is 13.8 Å². The molecule has 0 aliphatic heterocycles. The van der Waals surface area contributed by atoms with E-state index >= 15 is 0 Å². The standard InChI is InChI=1S/C14H12ClN3O3S2/c1-8-4-3-5-10(15)12(8)23(20,21)17-13(19)11-7-18-6-9(2)16-14(18)22-11/h3-7H,1-2H3,(H,17,19). The van der Waals surface area contributed by atoms with E-state index in [0.717, 1.165) is 17.0 Å². The van der Waals surface area contributed by atoms with Crippen LogP contribution < -0.4 is 4.72 Å². The highest BCUT2D eigenvalue weighted by atomic mass is 35.5. The number of thiazole rings is 1. The number of aryl methyl sites for hydroxylation is 2. The van der Waals surface area contributed by atoms with Gasteiger partial charge in [0.2, 0.25) is 0 Å². The van der Waals surface area contributed by atoms with Crippen molar-refractivity contribution in [2.45, 2.75) is 18.7 Å². The summed E-state index contributed by atoms with van der Waals surface area (Å²) in [5.74, 6) is -0.711. The third-order valence-corrected chi connectivity index (χ3v) is 6.12. The first-order chi connectivity index (χ1) is 10.8. The van der Waals surface area contributed by atoms with Crippen molar-refractivity contribution in [2.24, 2.45) is 0 Å². The molecule has 1 N–H and O–H groups in total. The predicted octanol–water partition coefficient (Wildman–Crippen LogP) is 2.78. The average Bonchev–Trinajstić information content (AvgIpc) is 2.94. The second kappa shape index (κ2) is 5.63. The molecule has 0 atom stereocenters. The summed E-state index contributed by atoms with van der Waals surface area (Å²) in [6, 6.07) is 4.73. The molecule has 2 aromatic heterocycles. The molecule has 0 saturated carbocycles. The van der Waals surface area contributed by atoms with Crippen molar-refractivity contribution in [2.75, 3.05) is 0 Å². The monoisotopic (exact) mass is 369 g/mol. The van der Waals surface area contributed by atoms with Gasteiger partial charge < -0.3 is 0 Å². The predicted molar refractivity (Wildman–Crippen MR) is 88.6 cm³/mol. The van der Waals surface area contributed by atoms with E-state index in [1.807, 2.05) is 6.92 Å². The van der Waals surface area contributed by atoms with Crippen LogP contribution in [0.2, 0.25) is 5.02 Å². The first kappa shape index (κ1) is 16.0. The second-order valence-electron chi connectivity index (χ2n) is 4.99. The van der Waals surface area contributed by atoms with Gasteiger partial charge in [-0.2, -0.15) is 0 Å². The zero-order valence-electron chi connectivity index (χ0n) is 12.2. The second-order valence-corrected chi connectivity index (χ2v) is 8.02. The molecule has 6 nitrogen and oxygen atoms in total. The SMILES string of the molecule is Cc1cn2cc(C(=O)NS(=O)(=O)c3c(C)cccc3Cl)sc2n1. The van der Waals surface area contributed by atoms with Crippen LogP contribution in [0.4, 0.5) is 0 Å². The molecule has 0 aliphatic carbocycles. The Bertz CT molecular complexity index is 969. The molecular weight excluding hydrogens is 358 g/mol. The van der Waals surface area contributed by atoms with E-state index in [2.05, 4.69) is 9.71 Å². The van der Waals surface area contributed by atoms with E-state index in [9.17, 15) is 13.2 Å². The maximum atomic E-state index is 12.4. The summed E-state index contributed by atoms with van der Waals surface area (Å²) in [5.41, 5.74) is 1.29. The molecule has 120 valence electrons. The Morgan fingerprint density at radius 2 is 2.04 bits per heavy atom. The van der Waals surface area contributed by atoms with Crippen molar-refractivity contribution in [1.29, 1.82) is 0 Å². The number of nitrogens with zero attached hydrogens (tertiary/aromatic N) is 2. The van der Waals surface area contributed by atoms with Gasteiger partial charge in [-0.05, 0) is 25.5 Å². The summed E-state index contributed by atoms with van der Waals surface area (Å²) in [6.45, 7) is 3.46. The molecule has 0 unspecified atom stereocenters. The molecule has 1 aromatic carbocycles. The van der Waals surface area contributed by atoms with Gasteiger partial charge in [0.25, 0.3) is 15.9 Å². The van der Waals surface area contributed by atoms with E-state index in [4.69, 9.17) is 11.6 Å². The number of carbonyl (C=O) groups excluding carboxylic acids is 1. The Morgan fingerprint density at radius 3 is 2.70 bits per heavy atom. The number of nitrogens with one attached hydrogen (secondary N) is 1. The van der Waals surface area contributed by atoms with Crippen LogP contribution in [-0.4, -0.2) is 23.7 Å². The molecule has 0 radical (unpaired) electrons. The van der Waals surface area contributed by atoms with Gasteiger partial charge in [-0.25, -0.2) is 18.1 Å². The maximum Gasteiger partial charge on any atom is 0.276 e. The highest BCUT2D eigenvalue weighted by Gasteiger charge is 2.24. The molecule has 2 heterocycles. The van der Waals surface area contributed by atoms with Crippen LogP contribution in [0.3, 0.4) is 0 Å². The van der Waals surface area contributed by atoms with Crippen LogP contribution >= 0.6 is 22.9 Å². The van der Waals surface area contributed by atoms with Gasteiger partial charge >= 0.3 is 0 Å². The fraction of sp³-hybridized carbons (Fsp3) is 0.143. The third-order valence-electron chi connectivity index (χ3n) is 3.16. The van der Waals surface area contributed by atoms with Gasteiger partial charge in [-0.15, -0.1) is 0 Å². The lowest BCUT2D eigenvalue weighted by Gasteiger charge is -2.10. The highest BCUT2D eigenvalue weighted by molar-refractivity contribution is 7.90. The molecule has 0 bridgehead atoms. The number of fused-ring (bicyclic) bond motifs is 1. The number of hydrogen-bond donors (Lipinski definition) is 1. The Morgan fingerprint density at radius 1 is 1.30 bits per heavy atom. The van der Waals surface area contributed by atoms with Crippen molar-refractivity contribution in [3.8, 4) is 0 Å². The molecule has 0 spiro atoms. The molecule has 9 heteroatoms. The van der Waals surface area contributed by atoms with Crippen molar-refractivity contribution in [1.82, 2.24) is 14.1 Å². The van der Waals surface area contributed by atoms with Crippen LogP contribution in [0.25, 0.3) is 4.96 Å². The zero-order valence-corrected chi connectivity index (χ0v) is 14.6. The number of hydrogen-bond acceptors (Lipinski definition) is 5. The minimum Gasteiger partial charge on any atom is -0.297 e. The number of aromatic nitrogens is 2. The maximum absolute atomic E-state index is 12.4. The first-order valence-corrected chi connectivity index (χ1v) is 9.23. The summed E-state index contributed by atoms with van der Waals surface area (Å²) in [6.07, 6.45) is 3.31. The Labute approximate surface area is 141 Å². The summed E-state index contributed by atoms with van der Waals surface area (Å²) in [4.78, 5) is 17.3. The number of rotatable bonds is 3. The Hall–Kier alpha value is -1.90. The third kappa shape index (κ3) is 2.97. The smallest absolute Gasteiger partial charge is 0.276 e. The fourth-order valence-electron chi connectivity index (χ4n) is 2.20. The van der Waals surface area contributed by atoms with Gasteiger partial charge in [-0.3, -0.25) is 9.20 Å². The normalized spacial score (nSPS) is 11.8. The van der Waals surface area contributed by atoms with Crippen LogP contribution in [0.5, 0.6) is 0 Å². The quantitative estimate of drug-likeness (QED) is 0.769. The molecule has 3 rings (SSSR count). The highest BCUT2D eigenvalue weighted by Crippen LogP contribution is 2.25. The minimum absolute atomic E-state index is 0.0712. The first-order valence-electron chi connectivity index (χ1n) is 6.55. The number of benzene rings is 1. The van der Waals surface area contributed by atoms with Crippen LogP contribution in [0.15, 0.2) is 35.5 Å². The summed E-state index contributed by atoms with van der Waals surface area (Å²) >= 11 is 7.08.